The van der Waals surface area contributed by atoms with E-state index in [-0.39, 0.29) is 0 Å². The van der Waals surface area contributed by atoms with Crippen molar-refractivity contribution in [1.29, 1.82) is 0 Å². The predicted molar refractivity (Wildman–Crippen MR) is 203 cm³/mol. The van der Waals surface area contributed by atoms with Crippen molar-refractivity contribution in [3.05, 3.63) is 187 Å². The second-order valence-electron chi connectivity index (χ2n) is 12.8. The van der Waals surface area contributed by atoms with Crippen LogP contribution < -0.4 is 4.74 Å². The monoisotopic (exact) mass is 663 g/mol. The maximum atomic E-state index is 7.06. The molecular formula is C45H33N3OS. The van der Waals surface area contributed by atoms with Gasteiger partial charge in [-0.05, 0) is 103 Å². The van der Waals surface area contributed by atoms with E-state index in [4.69, 9.17) is 9.72 Å². The molecular weight excluding hydrogens is 631 g/mol. The smallest absolute Gasteiger partial charge is 0.220 e. The molecule has 3 heterocycles. The third-order valence-corrected chi connectivity index (χ3v) is 13.9. The van der Waals surface area contributed by atoms with Gasteiger partial charge in [0.15, 0.2) is 0 Å². The number of para-hydroxylation sites is 6. The highest BCUT2D eigenvalue weighted by atomic mass is 32.3. The van der Waals surface area contributed by atoms with Crippen molar-refractivity contribution in [2.75, 3.05) is 0 Å². The fourth-order valence-electron chi connectivity index (χ4n) is 7.76. The second kappa shape index (κ2) is 11.5. The van der Waals surface area contributed by atoms with Crippen LogP contribution in [0.15, 0.2) is 196 Å². The first-order valence-electron chi connectivity index (χ1n) is 17.1. The molecule has 0 saturated heterocycles. The normalized spacial score (nSPS) is 13.1. The van der Waals surface area contributed by atoms with Crippen LogP contribution in [0.1, 0.15) is 11.1 Å². The molecule has 0 aliphatic carbocycles. The average molecular weight is 664 g/mol. The predicted octanol–water partition coefficient (Wildman–Crippen LogP) is 11.7. The summed E-state index contributed by atoms with van der Waals surface area (Å²) in [6.07, 6.45) is 1.86. The highest BCUT2D eigenvalue weighted by Crippen LogP contribution is 2.75. The molecule has 0 atom stereocenters. The van der Waals surface area contributed by atoms with Crippen LogP contribution in [0, 0.1) is 0 Å². The Morgan fingerprint density at radius 2 is 1.10 bits per heavy atom. The topological polar surface area (TPSA) is 31.5 Å². The molecule has 0 amide bonds. The summed E-state index contributed by atoms with van der Waals surface area (Å²) in [5.41, 5.74) is 7.88. The fraction of sp³-hybridized carbons (Fsp3) is 0.0444. The number of nitrogens with zero attached hydrogens (tertiary/aromatic N) is 3. The molecule has 0 N–H and O–H groups in total. The molecule has 7 aromatic carbocycles. The minimum atomic E-state index is -2.08. The number of aromatic nitrogens is 3. The number of benzene rings is 7. The summed E-state index contributed by atoms with van der Waals surface area (Å²) < 4.78 is 11.7. The molecule has 0 bridgehead atoms. The van der Waals surface area contributed by atoms with Gasteiger partial charge in [-0.3, -0.25) is 8.97 Å². The van der Waals surface area contributed by atoms with Gasteiger partial charge in [-0.25, -0.2) is 4.98 Å². The molecule has 0 saturated carbocycles. The zero-order valence-corrected chi connectivity index (χ0v) is 28.1. The van der Waals surface area contributed by atoms with E-state index in [1.807, 2.05) is 0 Å². The molecule has 0 radical (unpaired) electrons. The summed E-state index contributed by atoms with van der Waals surface area (Å²) in [6, 6.07) is 63.5. The molecule has 10 rings (SSSR count). The molecule has 0 spiro atoms. The highest BCUT2D eigenvalue weighted by molar-refractivity contribution is 8.34. The number of imidazole rings is 2. The summed E-state index contributed by atoms with van der Waals surface area (Å²) in [4.78, 5) is 10.1. The summed E-state index contributed by atoms with van der Waals surface area (Å²) in [5.74, 6) is 2.81. The largest absolute Gasteiger partial charge is 0.456 e. The zero-order chi connectivity index (χ0) is 33.1. The van der Waals surface area contributed by atoms with E-state index in [0.29, 0.717) is 0 Å². The molecule has 240 valence electrons. The minimum absolute atomic E-state index is 0.901. The Kier molecular flexibility index (Phi) is 6.68. The van der Waals surface area contributed by atoms with Crippen LogP contribution >= 0.6 is 10.0 Å². The van der Waals surface area contributed by atoms with Crippen LogP contribution in [0.4, 0.5) is 0 Å². The third-order valence-electron chi connectivity index (χ3n) is 9.97. The minimum Gasteiger partial charge on any atom is -0.456 e. The van der Waals surface area contributed by atoms with E-state index in [2.05, 4.69) is 185 Å². The molecule has 2 aromatic heterocycles. The van der Waals surface area contributed by atoms with Crippen molar-refractivity contribution >= 4 is 37.9 Å². The van der Waals surface area contributed by atoms with Gasteiger partial charge < -0.3 is 4.74 Å². The van der Waals surface area contributed by atoms with Gasteiger partial charge in [0, 0.05) is 19.6 Å². The quantitative estimate of drug-likeness (QED) is 0.183. The first-order valence-corrected chi connectivity index (χ1v) is 18.7. The van der Waals surface area contributed by atoms with Crippen molar-refractivity contribution in [1.82, 2.24) is 14.0 Å². The van der Waals surface area contributed by atoms with Gasteiger partial charge >= 0.3 is 0 Å². The summed E-state index contributed by atoms with van der Waals surface area (Å²) in [6.45, 7) is 0. The lowest BCUT2D eigenvalue weighted by molar-refractivity contribution is 0.467. The fourth-order valence-corrected chi connectivity index (χ4v) is 11.8. The highest BCUT2D eigenvalue weighted by Gasteiger charge is 2.37. The Balaban J connectivity index is 1.30. The lowest BCUT2D eigenvalue weighted by Gasteiger charge is -2.43. The Hall–Kier alpha value is -6.04. The van der Waals surface area contributed by atoms with Crippen molar-refractivity contribution in [3.8, 4) is 17.2 Å². The standard InChI is InChI=1S/C45H33N3OS/c1-3-18-35(19-4-1)50(36-20-5-2-6-21-36,43-28-13-16-33-30-29-32-15-7-12-27-42(32)49-44(33)43)37-22-14-17-34(31-37)47-40-25-10-11-26-41(40)48-39-24-9-8-23-38(39)46-45(47)48/h1-28,31H,29-30H2. The molecule has 50 heavy (non-hydrogen) atoms. The van der Waals surface area contributed by atoms with Gasteiger partial charge in [-0.2, -0.15) is 0 Å². The number of hydrogen-bond donors (Lipinski definition) is 0. The summed E-state index contributed by atoms with van der Waals surface area (Å²) >= 11 is 0. The van der Waals surface area contributed by atoms with Gasteiger partial charge in [-0.15, -0.1) is 10.0 Å². The van der Waals surface area contributed by atoms with Gasteiger partial charge in [0.2, 0.25) is 5.78 Å². The third kappa shape index (κ3) is 4.30. The van der Waals surface area contributed by atoms with Crippen LogP contribution in [0.2, 0.25) is 0 Å². The first kappa shape index (κ1) is 28.9. The number of rotatable bonds is 5. The maximum absolute atomic E-state index is 7.06. The summed E-state index contributed by atoms with van der Waals surface area (Å²) in [5, 5.41) is 0. The lowest BCUT2D eigenvalue weighted by atomic mass is 10.0. The molecule has 1 aliphatic rings. The van der Waals surface area contributed by atoms with E-state index in [1.54, 1.807) is 0 Å². The van der Waals surface area contributed by atoms with Crippen LogP contribution in [-0.4, -0.2) is 14.0 Å². The molecule has 5 heteroatoms. The maximum Gasteiger partial charge on any atom is 0.220 e. The average Bonchev–Trinajstić information content (AvgIpc) is 3.63. The van der Waals surface area contributed by atoms with E-state index >= 15 is 0 Å². The van der Waals surface area contributed by atoms with Crippen molar-refractivity contribution in [2.24, 2.45) is 0 Å². The first-order chi connectivity index (χ1) is 24.8. The van der Waals surface area contributed by atoms with Crippen LogP contribution in [0.5, 0.6) is 11.5 Å². The molecule has 1 aliphatic heterocycles. The molecule has 0 unspecified atom stereocenters. The van der Waals surface area contributed by atoms with Gasteiger partial charge in [0.05, 0.1) is 27.8 Å². The SMILES string of the molecule is c1ccc(S(c2ccccc2)(c2cccc(-n3c4ccccc4n4c5ccccc5nc34)c2)c2cccc3c2Oc2ccccc2CC3)cc1. The Morgan fingerprint density at radius 1 is 0.500 bits per heavy atom. The van der Waals surface area contributed by atoms with E-state index in [1.165, 1.54) is 30.7 Å². The van der Waals surface area contributed by atoms with Crippen LogP contribution in [0.25, 0.3) is 33.5 Å². The van der Waals surface area contributed by atoms with Crippen molar-refractivity contribution in [3.63, 3.8) is 0 Å². The lowest BCUT2D eigenvalue weighted by Crippen LogP contribution is -2.08. The Labute approximate surface area is 292 Å². The van der Waals surface area contributed by atoms with Crippen LogP contribution in [0.3, 0.4) is 0 Å². The number of hydrogen-bond acceptors (Lipinski definition) is 2. The van der Waals surface area contributed by atoms with Gasteiger partial charge in [-0.1, -0.05) is 97.1 Å². The number of aryl methyl sites for hydroxylation is 2. The summed E-state index contributed by atoms with van der Waals surface area (Å²) in [7, 11) is -2.08. The van der Waals surface area contributed by atoms with Crippen molar-refractivity contribution in [2.45, 2.75) is 32.4 Å². The van der Waals surface area contributed by atoms with E-state index in [0.717, 1.165) is 57.9 Å². The Morgan fingerprint density at radius 3 is 1.90 bits per heavy atom. The molecule has 9 aromatic rings. The Bertz CT molecular complexity index is 2650. The van der Waals surface area contributed by atoms with E-state index in [9.17, 15) is 0 Å². The van der Waals surface area contributed by atoms with Gasteiger partial charge in [0.25, 0.3) is 0 Å². The van der Waals surface area contributed by atoms with Crippen molar-refractivity contribution < 1.29 is 4.74 Å². The van der Waals surface area contributed by atoms with E-state index < -0.39 is 10.0 Å². The van der Waals surface area contributed by atoms with Gasteiger partial charge in [0.1, 0.15) is 11.5 Å². The molecule has 4 nitrogen and oxygen atoms in total. The van der Waals surface area contributed by atoms with Crippen LogP contribution in [-0.2, 0) is 12.8 Å². The zero-order valence-electron chi connectivity index (χ0n) is 27.3. The second-order valence-corrected chi connectivity index (χ2v) is 15.8. The number of ether oxygens (including phenoxy) is 1. The molecule has 0 fully saturated rings. The number of fused-ring (bicyclic) bond motifs is 7.